The molecule has 1 aromatic carbocycles. The molecule has 3 aromatic rings. The number of fused-ring (bicyclic) bond motifs is 1. The van der Waals surface area contributed by atoms with Crippen LogP contribution in [-0.2, 0) is 16.6 Å². The first kappa shape index (κ1) is 20.9. The smallest absolute Gasteiger partial charge is 0.261 e. The number of nitrogens with one attached hydrogen (secondary N) is 2. The number of benzene rings is 1. The Labute approximate surface area is 180 Å². The third kappa shape index (κ3) is 4.39. The van der Waals surface area contributed by atoms with Gasteiger partial charge in [0.05, 0.1) is 14.5 Å². The molecule has 1 aliphatic rings. The third-order valence-corrected chi connectivity index (χ3v) is 8.02. The summed E-state index contributed by atoms with van der Waals surface area (Å²) >= 11 is 1.40. The molecule has 2 unspecified atom stereocenters. The number of aromatic nitrogens is 1. The Morgan fingerprint density at radius 1 is 1.20 bits per heavy atom. The van der Waals surface area contributed by atoms with Crippen molar-refractivity contribution >= 4 is 37.4 Å². The van der Waals surface area contributed by atoms with Gasteiger partial charge >= 0.3 is 0 Å². The summed E-state index contributed by atoms with van der Waals surface area (Å²) in [6.45, 7) is 5.20. The lowest BCUT2D eigenvalue weighted by Gasteiger charge is -2.35. The lowest BCUT2D eigenvalue weighted by Crippen LogP contribution is -2.55. The number of thiophene rings is 1. The maximum Gasteiger partial charge on any atom is 0.261 e. The van der Waals surface area contributed by atoms with Crippen molar-refractivity contribution in [3.05, 3.63) is 59.2 Å². The fourth-order valence-electron chi connectivity index (χ4n) is 3.67. The third-order valence-electron chi connectivity index (χ3n) is 5.08. The summed E-state index contributed by atoms with van der Waals surface area (Å²) in [7, 11) is -3.53. The molecule has 7 nitrogen and oxygen atoms in total. The molecular weight excluding hydrogens is 420 g/mol. The van der Waals surface area contributed by atoms with E-state index in [1.165, 1.54) is 15.6 Å². The number of sulfonamides is 1. The van der Waals surface area contributed by atoms with E-state index in [0.717, 1.165) is 15.6 Å². The van der Waals surface area contributed by atoms with Crippen LogP contribution in [0.15, 0.2) is 53.7 Å². The lowest BCUT2D eigenvalue weighted by molar-refractivity contribution is 0.0955. The van der Waals surface area contributed by atoms with Crippen LogP contribution in [0.25, 0.3) is 10.1 Å². The molecule has 1 saturated heterocycles. The van der Waals surface area contributed by atoms with Crippen LogP contribution >= 0.6 is 11.3 Å². The Morgan fingerprint density at radius 3 is 2.57 bits per heavy atom. The van der Waals surface area contributed by atoms with Gasteiger partial charge in [-0.15, -0.1) is 11.3 Å². The molecule has 1 fully saturated rings. The van der Waals surface area contributed by atoms with Gasteiger partial charge < -0.3 is 10.6 Å². The number of hydrogen-bond donors (Lipinski definition) is 2. The zero-order chi connectivity index (χ0) is 21.3. The van der Waals surface area contributed by atoms with E-state index in [9.17, 15) is 13.2 Å². The van der Waals surface area contributed by atoms with E-state index >= 15 is 0 Å². The second kappa shape index (κ2) is 8.43. The predicted octanol–water partition coefficient (Wildman–Crippen LogP) is 2.60. The summed E-state index contributed by atoms with van der Waals surface area (Å²) in [6.07, 6.45) is 3.45. The van der Waals surface area contributed by atoms with E-state index in [0.29, 0.717) is 24.5 Å². The molecule has 1 amide bonds. The van der Waals surface area contributed by atoms with Crippen LogP contribution in [0, 0.1) is 0 Å². The number of rotatable bonds is 5. The number of nitrogens with zero attached hydrogens (tertiary/aromatic N) is 2. The molecular formula is C21H24N4O3S2. The van der Waals surface area contributed by atoms with Gasteiger partial charge in [0.1, 0.15) is 0 Å². The molecule has 2 N–H and O–H groups in total. The van der Waals surface area contributed by atoms with Crippen LogP contribution < -0.4 is 10.6 Å². The van der Waals surface area contributed by atoms with Crippen LogP contribution in [0.2, 0.25) is 0 Å². The fourth-order valence-corrected chi connectivity index (χ4v) is 6.23. The Balaban J connectivity index is 1.41. The molecule has 9 heteroatoms. The highest BCUT2D eigenvalue weighted by Gasteiger charge is 2.31. The fraction of sp³-hybridized carbons (Fsp3) is 0.333. The highest BCUT2D eigenvalue weighted by molar-refractivity contribution is 7.89. The van der Waals surface area contributed by atoms with Gasteiger partial charge in [0.25, 0.3) is 5.91 Å². The monoisotopic (exact) mass is 444 g/mol. The van der Waals surface area contributed by atoms with Crippen molar-refractivity contribution in [3.63, 3.8) is 0 Å². The molecule has 0 bridgehead atoms. The van der Waals surface area contributed by atoms with Crippen molar-refractivity contribution in [3.8, 4) is 0 Å². The molecule has 0 aliphatic carbocycles. The van der Waals surface area contributed by atoms with Crippen molar-refractivity contribution in [2.45, 2.75) is 37.4 Å². The second-order valence-electron chi connectivity index (χ2n) is 7.64. The van der Waals surface area contributed by atoms with E-state index in [1.54, 1.807) is 36.7 Å². The predicted molar refractivity (Wildman–Crippen MR) is 118 cm³/mol. The van der Waals surface area contributed by atoms with Gasteiger partial charge in [0.15, 0.2) is 0 Å². The average molecular weight is 445 g/mol. The average Bonchev–Trinajstić information content (AvgIpc) is 3.16. The van der Waals surface area contributed by atoms with Gasteiger partial charge in [-0.05, 0) is 49.1 Å². The van der Waals surface area contributed by atoms with E-state index in [-0.39, 0.29) is 22.9 Å². The Hall–Kier alpha value is -2.33. The van der Waals surface area contributed by atoms with Crippen molar-refractivity contribution in [1.29, 1.82) is 0 Å². The highest BCUT2D eigenvalue weighted by atomic mass is 32.2. The van der Waals surface area contributed by atoms with Gasteiger partial charge in [-0.3, -0.25) is 9.78 Å². The van der Waals surface area contributed by atoms with Crippen molar-refractivity contribution < 1.29 is 13.2 Å². The van der Waals surface area contributed by atoms with Crippen LogP contribution in [-0.4, -0.2) is 48.8 Å². The molecule has 0 saturated carbocycles. The number of piperazine rings is 1. The number of carbonyl (C=O) groups excluding carboxylic acids is 1. The quantitative estimate of drug-likeness (QED) is 0.631. The zero-order valence-corrected chi connectivity index (χ0v) is 18.5. The van der Waals surface area contributed by atoms with Crippen molar-refractivity contribution in [1.82, 2.24) is 19.9 Å². The number of amides is 1. The minimum absolute atomic E-state index is 0.114. The molecule has 4 rings (SSSR count). The molecule has 1 aliphatic heterocycles. The molecule has 158 valence electrons. The standard InChI is InChI=1S/C21H24N4O3S2/c1-14-12-25(13-15(2)24-14)30(27,28)18-5-3-16(4-6-18)10-23-21(26)19-9-17-7-8-22-11-20(17)29-19/h3-9,11,14-15,24H,10,12-13H2,1-2H3,(H,23,26). The number of carbonyl (C=O) groups is 1. The summed E-state index contributed by atoms with van der Waals surface area (Å²) < 4.78 is 28.4. The van der Waals surface area contributed by atoms with Crippen LogP contribution in [0.4, 0.5) is 0 Å². The van der Waals surface area contributed by atoms with Crippen LogP contribution in [0.5, 0.6) is 0 Å². The van der Waals surface area contributed by atoms with E-state index < -0.39 is 10.0 Å². The summed E-state index contributed by atoms with van der Waals surface area (Å²) in [6, 6.07) is 10.7. The highest BCUT2D eigenvalue weighted by Crippen LogP contribution is 2.24. The number of hydrogen-bond acceptors (Lipinski definition) is 6. The summed E-state index contributed by atoms with van der Waals surface area (Å²) in [5.74, 6) is -0.156. The molecule has 2 atom stereocenters. The zero-order valence-electron chi connectivity index (χ0n) is 16.8. The molecule has 2 aromatic heterocycles. The minimum Gasteiger partial charge on any atom is -0.347 e. The van der Waals surface area contributed by atoms with Gasteiger partial charge in [0.2, 0.25) is 10.0 Å². The lowest BCUT2D eigenvalue weighted by atomic mass is 10.2. The topological polar surface area (TPSA) is 91.4 Å². The Kier molecular flexibility index (Phi) is 5.88. The minimum atomic E-state index is -3.53. The van der Waals surface area contributed by atoms with E-state index in [1.807, 2.05) is 26.0 Å². The SMILES string of the molecule is CC1CN(S(=O)(=O)c2ccc(CNC(=O)c3cc4ccncc4s3)cc2)CC(C)N1. The maximum atomic E-state index is 13.0. The van der Waals surface area contributed by atoms with Crippen molar-refractivity contribution in [2.75, 3.05) is 13.1 Å². The molecule has 0 radical (unpaired) electrons. The largest absolute Gasteiger partial charge is 0.347 e. The first-order valence-electron chi connectivity index (χ1n) is 9.80. The first-order chi connectivity index (χ1) is 14.3. The summed E-state index contributed by atoms with van der Waals surface area (Å²) in [4.78, 5) is 17.4. The van der Waals surface area contributed by atoms with Crippen LogP contribution in [0.1, 0.15) is 29.1 Å². The van der Waals surface area contributed by atoms with E-state index in [2.05, 4.69) is 15.6 Å². The van der Waals surface area contributed by atoms with Gasteiger partial charge in [-0.25, -0.2) is 8.42 Å². The first-order valence-corrected chi connectivity index (χ1v) is 12.1. The Morgan fingerprint density at radius 2 is 1.90 bits per heavy atom. The number of pyridine rings is 1. The second-order valence-corrected chi connectivity index (χ2v) is 10.7. The molecule has 3 heterocycles. The van der Waals surface area contributed by atoms with Crippen LogP contribution in [0.3, 0.4) is 0 Å². The van der Waals surface area contributed by atoms with Gasteiger partial charge in [-0.1, -0.05) is 12.1 Å². The maximum absolute atomic E-state index is 13.0. The van der Waals surface area contributed by atoms with Crippen molar-refractivity contribution in [2.24, 2.45) is 0 Å². The normalized spacial score (nSPS) is 20.3. The van der Waals surface area contributed by atoms with Gasteiger partial charge in [0, 0.05) is 44.1 Å². The summed E-state index contributed by atoms with van der Waals surface area (Å²) in [5, 5.41) is 7.23. The van der Waals surface area contributed by atoms with Gasteiger partial charge in [-0.2, -0.15) is 4.31 Å². The Bertz CT molecular complexity index is 1120. The molecule has 0 spiro atoms. The summed E-state index contributed by atoms with van der Waals surface area (Å²) in [5.41, 5.74) is 0.840. The molecule has 30 heavy (non-hydrogen) atoms. The van der Waals surface area contributed by atoms with E-state index in [4.69, 9.17) is 0 Å².